The number of nitrogens with one attached hydrogen (secondary N) is 1. The first-order chi connectivity index (χ1) is 10.4. The van der Waals surface area contributed by atoms with Crippen LogP contribution in [0.25, 0.3) is 0 Å². The van der Waals surface area contributed by atoms with Crippen molar-refractivity contribution in [3.8, 4) is 5.75 Å². The van der Waals surface area contributed by atoms with Gasteiger partial charge < -0.3 is 15.4 Å². The number of benzene rings is 1. The van der Waals surface area contributed by atoms with Gasteiger partial charge in [0.05, 0.1) is 12.8 Å². The number of hydrogen-bond acceptors (Lipinski definition) is 4. The lowest BCUT2D eigenvalue weighted by molar-refractivity contribution is 0.327. The molecule has 8 heteroatoms. The van der Waals surface area contributed by atoms with Crippen LogP contribution in [0.3, 0.4) is 0 Å². The Kier molecular flexibility index (Phi) is 6.97. The van der Waals surface area contributed by atoms with Gasteiger partial charge in [-0.2, -0.15) is 0 Å². The van der Waals surface area contributed by atoms with Gasteiger partial charge in [-0.05, 0) is 38.1 Å². The number of rotatable bonds is 8. The van der Waals surface area contributed by atoms with E-state index in [4.69, 9.17) is 10.5 Å². The van der Waals surface area contributed by atoms with Crippen LogP contribution in [0.2, 0.25) is 0 Å². The molecule has 7 nitrogen and oxygen atoms in total. The van der Waals surface area contributed by atoms with Gasteiger partial charge in [-0.25, -0.2) is 13.4 Å². The molecule has 0 bridgehead atoms. The molecule has 22 heavy (non-hydrogen) atoms. The summed E-state index contributed by atoms with van der Waals surface area (Å²) in [6, 6.07) is 6.68. The summed E-state index contributed by atoms with van der Waals surface area (Å²) in [7, 11) is -3.26. The van der Waals surface area contributed by atoms with Gasteiger partial charge in [0, 0.05) is 18.8 Å². The summed E-state index contributed by atoms with van der Waals surface area (Å²) in [5.41, 5.74) is 6.35. The van der Waals surface area contributed by atoms with Gasteiger partial charge >= 0.3 is 0 Å². The molecule has 0 aliphatic heterocycles. The number of sulfonamides is 1. The molecule has 124 valence electrons. The molecule has 0 unspecified atom stereocenters. The molecule has 1 aromatic carbocycles. The highest BCUT2D eigenvalue weighted by Crippen LogP contribution is 2.16. The maximum absolute atomic E-state index is 11.1. The molecule has 0 spiro atoms. The zero-order valence-electron chi connectivity index (χ0n) is 13.2. The van der Waals surface area contributed by atoms with Crippen molar-refractivity contribution in [2.45, 2.75) is 13.8 Å². The Bertz CT molecular complexity index is 581. The molecular weight excluding hydrogens is 304 g/mol. The molecule has 1 rings (SSSR count). The summed E-state index contributed by atoms with van der Waals surface area (Å²) in [5.74, 6) is 1.16. The van der Waals surface area contributed by atoms with Crippen LogP contribution in [0.4, 0.5) is 5.69 Å². The van der Waals surface area contributed by atoms with Crippen molar-refractivity contribution in [1.29, 1.82) is 0 Å². The summed E-state index contributed by atoms with van der Waals surface area (Å²) in [6.45, 7) is 6.55. The Morgan fingerprint density at radius 1 is 1.27 bits per heavy atom. The lowest BCUT2D eigenvalue weighted by Crippen LogP contribution is -2.37. The molecule has 0 aromatic heterocycles. The first-order valence-electron chi connectivity index (χ1n) is 7.11. The van der Waals surface area contributed by atoms with Crippen molar-refractivity contribution in [1.82, 2.24) is 4.90 Å². The molecule has 0 heterocycles. The van der Waals surface area contributed by atoms with Crippen molar-refractivity contribution in [2.24, 2.45) is 10.7 Å². The Labute approximate surface area is 132 Å². The van der Waals surface area contributed by atoms with E-state index in [9.17, 15) is 8.42 Å². The quantitative estimate of drug-likeness (QED) is 0.423. The van der Waals surface area contributed by atoms with Crippen LogP contribution >= 0.6 is 0 Å². The van der Waals surface area contributed by atoms with Gasteiger partial charge in [0.15, 0.2) is 5.96 Å². The summed E-state index contributed by atoms with van der Waals surface area (Å²) >= 11 is 0. The number of guanidine groups is 1. The minimum atomic E-state index is -3.26. The number of nitrogens with zero attached hydrogens (tertiary/aromatic N) is 2. The summed E-state index contributed by atoms with van der Waals surface area (Å²) < 4.78 is 30.1. The average Bonchev–Trinajstić information content (AvgIpc) is 2.45. The molecule has 3 N–H and O–H groups in total. The second-order valence-electron chi connectivity index (χ2n) is 4.66. The van der Waals surface area contributed by atoms with Gasteiger partial charge in [-0.3, -0.25) is 4.72 Å². The minimum absolute atomic E-state index is 0.404. The molecule has 1 aromatic rings. The zero-order chi connectivity index (χ0) is 16.6. The predicted octanol–water partition coefficient (Wildman–Crippen LogP) is 1.09. The monoisotopic (exact) mass is 328 g/mol. The Balaban J connectivity index is 2.44. The maximum Gasteiger partial charge on any atom is 0.229 e. The number of anilines is 1. The van der Waals surface area contributed by atoms with Crippen LogP contribution in [0.15, 0.2) is 29.3 Å². The minimum Gasteiger partial charge on any atom is -0.492 e. The van der Waals surface area contributed by atoms with Crippen LogP contribution in [0, 0.1) is 0 Å². The van der Waals surface area contributed by atoms with Gasteiger partial charge in [-0.1, -0.05) is 0 Å². The van der Waals surface area contributed by atoms with Crippen molar-refractivity contribution in [3.63, 3.8) is 0 Å². The van der Waals surface area contributed by atoms with Gasteiger partial charge in [-0.15, -0.1) is 0 Å². The highest BCUT2D eigenvalue weighted by atomic mass is 32.2. The van der Waals surface area contributed by atoms with E-state index in [1.807, 2.05) is 18.7 Å². The Morgan fingerprint density at radius 3 is 2.36 bits per heavy atom. The highest BCUT2D eigenvalue weighted by molar-refractivity contribution is 7.92. The summed E-state index contributed by atoms with van der Waals surface area (Å²) in [5, 5.41) is 0. The SMILES string of the molecule is CCN(CC)C(N)=NCCOc1ccc(NS(C)(=O)=O)cc1. The van der Waals surface area contributed by atoms with E-state index in [0.29, 0.717) is 30.5 Å². The predicted molar refractivity (Wildman–Crippen MR) is 89.8 cm³/mol. The number of hydrogen-bond donors (Lipinski definition) is 2. The zero-order valence-corrected chi connectivity index (χ0v) is 14.1. The third-order valence-corrected chi connectivity index (χ3v) is 3.49. The normalized spacial score (nSPS) is 12.0. The summed E-state index contributed by atoms with van der Waals surface area (Å²) in [6.07, 6.45) is 1.11. The topological polar surface area (TPSA) is 97.0 Å². The number of aliphatic imine (C=N–C) groups is 1. The lowest BCUT2D eigenvalue weighted by atomic mass is 10.3. The van der Waals surface area contributed by atoms with E-state index in [1.165, 1.54) is 0 Å². The molecule has 0 aliphatic carbocycles. The largest absolute Gasteiger partial charge is 0.492 e. The first kappa shape index (κ1) is 18.1. The smallest absolute Gasteiger partial charge is 0.229 e. The molecule has 0 aliphatic rings. The molecule has 0 fully saturated rings. The van der Waals surface area contributed by atoms with E-state index in [2.05, 4.69) is 9.71 Å². The van der Waals surface area contributed by atoms with Crippen molar-refractivity contribution >= 4 is 21.7 Å². The highest BCUT2D eigenvalue weighted by Gasteiger charge is 2.03. The van der Waals surface area contributed by atoms with E-state index >= 15 is 0 Å². The fourth-order valence-corrected chi connectivity index (χ4v) is 2.37. The second-order valence-corrected chi connectivity index (χ2v) is 6.41. The molecule has 0 atom stereocenters. The standard InChI is InChI=1S/C14H24N4O3S/c1-4-18(5-2)14(15)16-10-11-21-13-8-6-12(7-9-13)17-22(3,19)20/h6-9,17H,4-5,10-11H2,1-3H3,(H2,15,16). The van der Waals surface area contributed by atoms with E-state index in [-0.39, 0.29) is 0 Å². The maximum atomic E-state index is 11.1. The molecule has 0 saturated heterocycles. The molecular formula is C14H24N4O3S. The fourth-order valence-electron chi connectivity index (χ4n) is 1.80. The second kappa shape index (κ2) is 8.47. The van der Waals surface area contributed by atoms with Crippen LogP contribution in [-0.4, -0.2) is 51.8 Å². The summed E-state index contributed by atoms with van der Waals surface area (Å²) in [4.78, 5) is 6.21. The number of nitrogens with two attached hydrogens (primary N) is 1. The third-order valence-electron chi connectivity index (χ3n) is 2.88. The van der Waals surface area contributed by atoms with Crippen LogP contribution < -0.4 is 15.2 Å². The van der Waals surface area contributed by atoms with Gasteiger partial charge in [0.25, 0.3) is 0 Å². The molecule has 0 amide bonds. The molecule has 0 radical (unpaired) electrons. The van der Waals surface area contributed by atoms with Crippen molar-refractivity contribution < 1.29 is 13.2 Å². The van der Waals surface area contributed by atoms with E-state index in [1.54, 1.807) is 24.3 Å². The van der Waals surface area contributed by atoms with E-state index < -0.39 is 10.0 Å². The van der Waals surface area contributed by atoms with Crippen LogP contribution in [-0.2, 0) is 10.0 Å². The Morgan fingerprint density at radius 2 is 1.86 bits per heavy atom. The van der Waals surface area contributed by atoms with Crippen LogP contribution in [0.1, 0.15) is 13.8 Å². The first-order valence-corrected chi connectivity index (χ1v) is 9.00. The fraction of sp³-hybridized carbons (Fsp3) is 0.500. The number of ether oxygens (including phenoxy) is 1. The van der Waals surface area contributed by atoms with Gasteiger partial charge in [0.2, 0.25) is 10.0 Å². The van der Waals surface area contributed by atoms with Crippen molar-refractivity contribution in [2.75, 3.05) is 37.2 Å². The van der Waals surface area contributed by atoms with Crippen molar-refractivity contribution in [3.05, 3.63) is 24.3 Å². The van der Waals surface area contributed by atoms with Gasteiger partial charge in [0.1, 0.15) is 12.4 Å². The van der Waals surface area contributed by atoms with E-state index in [0.717, 1.165) is 19.3 Å². The molecule has 0 saturated carbocycles. The lowest BCUT2D eigenvalue weighted by Gasteiger charge is -2.19. The van der Waals surface area contributed by atoms with Crippen LogP contribution in [0.5, 0.6) is 5.75 Å². The third kappa shape index (κ3) is 6.66. The average molecular weight is 328 g/mol. The Hall–Kier alpha value is -1.96.